The number of hydrogen-bond donors (Lipinski definition) is 0. The quantitative estimate of drug-likeness (QED) is 0.224. The van der Waals surface area contributed by atoms with E-state index in [0.29, 0.717) is 0 Å². The third-order valence-electron chi connectivity index (χ3n) is 5.91. The number of nitrogens with zero attached hydrogens (tertiary/aromatic N) is 1. The first-order valence-electron chi connectivity index (χ1n) is 11.5. The first kappa shape index (κ1) is 25.4. The van der Waals surface area contributed by atoms with Crippen molar-refractivity contribution in [3.63, 3.8) is 0 Å². The van der Waals surface area contributed by atoms with Crippen molar-refractivity contribution >= 4 is 8.58 Å². The lowest BCUT2D eigenvalue weighted by Gasteiger charge is -2.33. The van der Waals surface area contributed by atoms with Crippen molar-refractivity contribution in [2.24, 2.45) is 11.8 Å². The Labute approximate surface area is 162 Å². The Hall–Kier alpha value is 0.390. The van der Waals surface area contributed by atoms with Crippen LogP contribution in [0.1, 0.15) is 105 Å². The van der Waals surface area contributed by atoms with Gasteiger partial charge in [0.1, 0.15) is 0 Å². The Bertz CT molecular complexity index is 226. The van der Waals surface area contributed by atoms with Gasteiger partial charge >= 0.3 is 0 Å². The van der Waals surface area contributed by atoms with Crippen LogP contribution in [0.3, 0.4) is 0 Å². The first-order chi connectivity index (χ1) is 12.1. The highest BCUT2D eigenvalue weighted by atomic mass is 31.1. The molecular formula is C23H50NP. The first-order valence-corrected chi connectivity index (χ1v) is 13.1. The van der Waals surface area contributed by atoms with Crippen LogP contribution in [0.25, 0.3) is 0 Å². The summed E-state index contributed by atoms with van der Waals surface area (Å²) in [5.74, 6) is 1.83. The molecule has 0 heterocycles. The molecule has 4 unspecified atom stereocenters. The summed E-state index contributed by atoms with van der Waals surface area (Å²) in [6, 6.07) is 0. The van der Waals surface area contributed by atoms with Crippen LogP contribution in [0.4, 0.5) is 0 Å². The normalized spacial score (nSPS) is 16.0. The van der Waals surface area contributed by atoms with Crippen molar-refractivity contribution in [3.05, 3.63) is 0 Å². The minimum absolute atomic E-state index is 0.913. The fourth-order valence-corrected chi connectivity index (χ4v) is 4.81. The van der Waals surface area contributed by atoms with E-state index in [4.69, 9.17) is 0 Å². The molecule has 0 saturated carbocycles. The monoisotopic (exact) mass is 371 g/mol. The summed E-state index contributed by atoms with van der Waals surface area (Å²) in [4.78, 5) is 2.89. The zero-order chi connectivity index (χ0) is 18.9. The number of rotatable bonds is 18. The van der Waals surface area contributed by atoms with E-state index in [-0.39, 0.29) is 0 Å². The molecule has 0 aromatic heterocycles. The van der Waals surface area contributed by atoms with Crippen molar-refractivity contribution in [2.75, 3.05) is 26.3 Å². The summed E-state index contributed by atoms with van der Waals surface area (Å²) < 4.78 is 0. The molecule has 1 nitrogen and oxygen atoms in total. The van der Waals surface area contributed by atoms with Gasteiger partial charge in [0.15, 0.2) is 0 Å². The molecule has 0 aliphatic carbocycles. The molecule has 0 rings (SSSR count). The van der Waals surface area contributed by atoms with Gasteiger partial charge in [0.2, 0.25) is 0 Å². The molecular weight excluding hydrogens is 321 g/mol. The average Bonchev–Trinajstić information content (AvgIpc) is 2.64. The molecule has 0 aromatic carbocycles. The predicted molar refractivity (Wildman–Crippen MR) is 121 cm³/mol. The van der Waals surface area contributed by atoms with Crippen molar-refractivity contribution < 1.29 is 0 Å². The molecule has 0 aliphatic heterocycles. The van der Waals surface area contributed by atoms with E-state index in [1.165, 1.54) is 90.3 Å². The summed E-state index contributed by atoms with van der Waals surface area (Å²) in [6.07, 6.45) is 15.3. The highest BCUT2D eigenvalue weighted by Crippen LogP contribution is 2.25. The van der Waals surface area contributed by atoms with Gasteiger partial charge in [-0.05, 0) is 43.4 Å². The summed E-state index contributed by atoms with van der Waals surface area (Å²) in [5.41, 5.74) is 0.937. The van der Waals surface area contributed by atoms with Crippen molar-refractivity contribution in [2.45, 2.75) is 111 Å². The Morgan fingerprint density at radius 2 is 1.08 bits per heavy atom. The summed E-state index contributed by atoms with van der Waals surface area (Å²) in [5, 5.41) is 0. The summed E-state index contributed by atoms with van der Waals surface area (Å²) >= 11 is 0. The van der Waals surface area contributed by atoms with Gasteiger partial charge in [-0.15, -0.1) is 8.58 Å². The Morgan fingerprint density at radius 1 is 0.640 bits per heavy atom. The second-order valence-corrected chi connectivity index (χ2v) is 9.57. The van der Waals surface area contributed by atoms with E-state index in [9.17, 15) is 0 Å². The second-order valence-electron chi connectivity index (χ2n) is 8.18. The van der Waals surface area contributed by atoms with Gasteiger partial charge in [-0.25, -0.2) is 0 Å². The molecule has 0 spiro atoms. The Kier molecular flexibility index (Phi) is 18.1. The van der Waals surface area contributed by atoms with Crippen LogP contribution in [-0.4, -0.2) is 36.9 Å². The van der Waals surface area contributed by atoms with Crippen LogP contribution in [0, 0.1) is 11.8 Å². The maximum atomic E-state index is 2.89. The molecule has 0 N–H and O–H groups in total. The molecule has 152 valence electrons. The highest BCUT2D eigenvalue weighted by molar-refractivity contribution is 7.37. The Morgan fingerprint density at radius 3 is 1.44 bits per heavy atom. The second kappa shape index (κ2) is 17.8. The van der Waals surface area contributed by atoms with Gasteiger partial charge in [0, 0.05) is 19.6 Å². The summed E-state index contributed by atoms with van der Waals surface area (Å²) in [7, 11) is 1.11. The maximum Gasteiger partial charge on any atom is 0.00468 e. The number of unbranched alkanes of at least 4 members (excludes halogenated alkanes) is 3. The average molecular weight is 372 g/mol. The molecule has 0 aliphatic rings. The molecule has 0 aromatic rings. The van der Waals surface area contributed by atoms with E-state index in [2.05, 4.69) is 46.2 Å². The molecule has 0 radical (unpaired) electrons. The van der Waals surface area contributed by atoms with E-state index < -0.39 is 0 Å². The molecule has 4 atom stereocenters. The fraction of sp³-hybridized carbons (Fsp3) is 1.00. The third kappa shape index (κ3) is 13.2. The fourth-order valence-electron chi connectivity index (χ4n) is 3.88. The topological polar surface area (TPSA) is 3.24 Å². The van der Waals surface area contributed by atoms with E-state index in [1.54, 1.807) is 0 Å². The van der Waals surface area contributed by atoms with Crippen LogP contribution in [0.15, 0.2) is 0 Å². The van der Waals surface area contributed by atoms with Crippen molar-refractivity contribution in [3.8, 4) is 0 Å². The van der Waals surface area contributed by atoms with E-state index in [0.717, 1.165) is 26.1 Å². The van der Waals surface area contributed by atoms with E-state index in [1.807, 2.05) is 0 Å². The molecule has 0 amide bonds. The van der Waals surface area contributed by atoms with Gasteiger partial charge in [-0.1, -0.05) is 86.0 Å². The summed E-state index contributed by atoms with van der Waals surface area (Å²) in [6.45, 7) is 18.3. The lowest BCUT2D eigenvalue weighted by atomic mass is 9.95. The van der Waals surface area contributed by atoms with Crippen LogP contribution in [-0.2, 0) is 0 Å². The zero-order valence-corrected chi connectivity index (χ0v) is 19.6. The maximum absolute atomic E-state index is 2.89. The minimum Gasteiger partial charge on any atom is -0.302 e. The van der Waals surface area contributed by atoms with Gasteiger partial charge in [0.25, 0.3) is 0 Å². The standard InChI is InChI=1S/C23H50NP/c1-7-12-15-21(10-4)18-24(19-22(11-5)16-13-8-2)20-23(25-6)17-14-9-3/h21-23,25H,7-20H2,1-6H3. The third-order valence-corrected chi connectivity index (χ3v) is 7.20. The van der Waals surface area contributed by atoms with Crippen LogP contribution >= 0.6 is 8.58 Å². The zero-order valence-electron chi connectivity index (χ0n) is 18.6. The minimum atomic E-state index is 0.913. The molecule has 25 heavy (non-hydrogen) atoms. The van der Waals surface area contributed by atoms with Crippen molar-refractivity contribution in [1.29, 1.82) is 0 Å². The number of hydrogen-bond acceptors (Lipinski definition) is 1. The smallest absolute Gasteiger partial charge is 0.00468 e. The van der Waals surface area contributed by atoms with Crippen LogP contribution in [0.2, 0.25) is 0 Å². The molecule has 0 fully saturated rings. The lowest BCUT2D eigenvalue weighted by molar-refractivity contribution is 0.180. The molecule has 2 heteroatoms. The van der Waals surface area contributed by atoms with E-state index >= 15 is 0 Å². The van der Waals surface area contributed by atoms with Gasteiger partial charge < -0.3 is 4.90 Å². The molecule has 0 saturated heterocycles. The highest BCUT2D eigenvalue weighted by Gasteiger charge is 2.19. The van der Waals surface area contributed by atoms with Crippen molar-refractivity contribution in [1.82, 2.24) is 4.90 Å². The predicted octanol–water partition coefficient (Wildman–Crippen LogP) is 7.59. The van der Waals surface area contributed by atoms with Crippen LogP contribution < -0.4 is 0 Å². The largest absolute Gasteiger partial charge is 0.302 e. The van der Waals surface area contributed by atoms with Gasteiger partial charge in [-0.3, -0.25) is 0 Å². The Balaban J connectivity index is 4.80. The SMILES string of the molecule is CCCCC(CC)CN(CC(CC)CCCC)CC(CCCC)PC. The lowest BCUT2D eigenvalue weighted by Crippen LogP contribution is -2.38. The van der Waals surface area contributed by atoms with Gasteiger partial charge in [-0.2, -0.15) is 0 Å². The molecule has 0 bridgehead atoms. The van der Waals surface area contributed by atoms with Gasteiger partial charge in [0.05, 0.1) is 0 Å². The van der Waals surface area contributed by atoms with Crippen LogP contribution in [0.5, 0.6) is 0 Å².